The van der Waals surface area contributed by atoms with Gasteiger partial charge >= 0.3 is 11.9 Å². The van der Waals surface area contributed by atoms with E-state index >= 15 is 0 Å². The zero-order chi connectivity index (χ0) is 15.8. The number of imidazole rings is 1. The molecule has 0 aliphatic rings. The SMILES string of the molecule is CC(N)=Nc1nc(=O)n(CCC(F)(F)F)c2nc(Br)[nH]c12. The largest absolute Gasteiger partial charge is 0.390 e. The predicted octanol–water partition coefficient (Wildman–Crippen LogP) is 1.84. The van der Waals surface area contributed by atoms with Gasteiger partial charge in [-0.15, -0.1) is 0 Å². The van der Waals surface area contributed by atoms with Crippen molar-refractivity contribution in [1.29, 1.82) is 0 Å². The number of fused-ring (bicyclic) bond motifs is 1. The second-order valence-corrected chi connectivity index (χ2v) is 4.97. The molecule has 0 aliphatic heterocycles. The van der Waals surface area contributed by atoms with Crippen LogP contribution in [0.15, 0.2) is 14.5 Å². The highest BCUT2D eigenvalue weighted by Gasteiger charge is 2.28. The molecule has 0 bridgehead atoms. The summed E-state index contributed by atoms with van der Waals surface area (Å²) in [5, 5.41) is 0. The molecule has 21 heavy (non-hydrogen) atoms. The number of rotatable bonds is 3. The summed E-state index contributed by atoms with van der Waals surface area (Å²) in [6, 6.07) is 0. The Kier molecular flexibility index (Phi) is 4.03. The zero-order valence-electron chi connectivity index (χ0n) is 10.7. The van der Waals surface area contributed by atoms with E-state index in [4.69, 9.17) is 5.73 Å². The predicted molar refractivity (Wildman–Crippen MR) is 73.5 cm³/mol. The van der Waals surface area contributed by atoms with Crippen molar-refractivity contribution in [2.45, 2.75) is 26.1 Å². The van der Waals surface area contributed by atoms with E-state index in [9.17, 15) is 18.0 Å². The van der Waals surface area contributed by atoms with Crippen LogP contribution in [0.2, 0.25) is 0 Å². The number of aromatic amines is 1. The highest BCUT2D eigenvalue weighted by molar-refractivity contribution is 9.10. The maximum Gasteiger partial charge on any atom is 0.390 e. The van der Waals surface area contributed by atoms with Crippen LogP contribution >= 0.6 is 15.9 Å². The summed E-state index contributed by atoms with van der Waals surface area (Å²) in [4.78, 5) is 26.1. The van der Waals surface area contributed by atoms with E-state index in [1.54, 1.807) is 0 Å². The molecule has 0 amide bonds. The molecule has 0 unspecified atom stereocenters. The molecule has 11 heteroatoms. The molecule has 7 nitrogen and oxygen atoms in total. The molecule has 0 spiro atoms. The molecule has 0 saturated carbocycles. The summed E-state index contributed by atoms with van der Waals surface area (Å²) >= 11 is 3.06. The Hall–Kier alpha value is -1.91. The number of amidine groups is 1. The maximum atomic E-state index is 12.3. The van der Waals surface area contributed by atoms with Crippen molar-refractivity contribution in [1.82, 2.24) is 19.5 Å². The Morgan fingerprint density at radius 2 is 2.14 bits per heavy atom. The second-order valence-electron chi connectivity index (χ2n) is 4.21. The van der Waals surface area contributed by atoms with E-state index in [0.717, 1.165) is 4.57 Å². The van der Waals surface area contributed by atoms with Crippen molar-refractivity contribution in [3.63, 3.8) is 0 Å². The van der Waals surface area contributed by atoms with Crippen molar-refractivity contribution >= 4 is 38.7 Å². The van der Waals surface area contributed by atoms with Gasteiger partial charge in [-0.2, -0.15) is 18.2 Å². The summed E-state index contributed by atoms with van der Waals surface area (Å²) in [5.41, 5.74) is 4.83. The number of halogens is 4. The molecule has 2 rings (SSSR count). The second kappa shape index (κ2) is 5.47. The Morgan fingerprint density at radius 1 is 1.48 bits per heavy atom. The van der Waals surface area contributed by atoms with E-state index in [0.29, 0.717) is 0 Å². The molecule has 2 aromatic heterocycles. The average molecular weight is 367 g/mol. The van der Waals surface area contributed by atoms with Gasteiger partial charge < -0.3 is 10.7 Å². The van der Waals surface area contributed by atoms with Gasteiger partial charge in [-0.25, -0.2) is 14.8 Å². The molecule has 0 aromatic carbocycles. The van der Waals surface area contributed by atoms with E-state index in [1.807, 2.05) is 0 Å². The number of alkyl halides is 3. The van der Waals surface area contributed by atoms with Crippen LogP contribution in [-0.2, 0) is 6.54 Å². The molecule has 0 radical (unpaired) electrons. The van der Waals surface area contributed by atoms with Crippen LogP contribution in [0.25, 0.3) is 11.2 Å². The number of nitrogens with one attached hydrogen (secondary N) is 1. The van der Waals surface area contributed by atoms with Gasteiger partial charge in [0.15, 0.2) is 16.2 Å². The van der Waals surface area contributed by atoms with Gasteiger partial charge in [0, 0.05) is 6.54 Å². The third-order valence-electron chi connectivity index (χ3n) is 2.47. The molecule has 0 atom stereocenters. The van der Waals surface area contributed by atoms with Gasteiger partial charge in [-0.3, -0.25) is 4.57 Å². The molecular weight excluding hydrogens is 357 g/mol. The van der Waals surface area contributed by atoms with E-state index in [2.05, 4.69) is 35.9 Å². The van der Waals surface area contributed by atoms with Crippen molar-refractivity contribution < 1.29 is 13.2 Å². The first kappa shape index (κ1) is 15.5. The van der Waals surface area contributed by atoms with Crippen molar-refractivity contribution in [2.24, 2.45) is 10.7 Å². The molecule has 2 heterocycles. The Bertz CT molecular complexity index is 758. The number of nitrogens with zero attached hydrogens (tertiary/aromatic N) is 4. The lowest BCUT2D eigenvalue weighted by molar-refractivity contribution is -0.136. The Morgan fingerprint density at radius 3 is 2.71 bits per heavy atom. The Labute approximate surface area is 124 Å². The van der Waals surface area contributed by atoms with Gasteiger partial charge in [0.1, 0.15) is 5.52 Å². The first-order valence-electron chi connectivity index (χ1n) is 5.71. The lowest BCUT2D eigenvalue weighted by Gasteiger charge is -2.09. The summed E-state index contributed by atoms with van der Waals surface area (Å²) in [5.74, 6) is 0.137. The minimum Gasteiger partial charge on any atom is -0.387 e. The van der Waals surface area contributed by atoms with Gasteiger partial charge in [-0.05, 0) is 22.9 Å². The fraction of sp³-hybridized carbons (Fsp3) is 0.400. The van der Waals surface area contributed by atoms with Crippen LogP contribution in [0.3, 0.4) is 0 Å². The van der Waals surface area contributed by atoms with Crippen LogP contribution in [0.4, 0.5) is 19.0 Å². The minimum atomic E-state index is -4.38. The summed E-state index contributed by atoms with van der Waals surface area (Å²) in [7, 11) is 0. The highest BCUT2D eigenvalue weighted by Crippen LogP contribution is 2.24. The first-order valence-corrected chi connectivity index (χ1v) is 6.50. The number of aromatic nitrogens is 4. The number of hydrogen-bond acceptors (Lipinski definition) is 4. The van der Waals surface area contributed by atoms with Crippen LogP contribution in [0.1, 0.15) is 13.3 Å². The quantitative estimate of drug-likeness (QED) is 0.491. The van der Waals surface area contributed by atoms with Crippen molar-refractivity contribution in [3.8, 4) is 0 Å². The van der Waals surface area contributed by atoms with Crippen LogP contribution in [-0.4, -0.2) is 31.5 Å². The normalized spacial score (nSPS) is 13.1. The topological polar surface area (TPSA) is 102 Å². The fourth-order valence-corrected chi connectivity index (χ4v) is 2.04. The third kappa shape index (κ3) is 3.60. The maximum absolute atomic E-state index is 12.3. The summed E-state index contributed by atoms with van der Waals surface area (Å²) < 4.78 is 38.0. The van der Waals surface area contributed by atoms with Gasteiger partial charge in [-0.1, -0.05) is 0 Å². The minimum absolute atomic E-state index is 0.0172. The molecule has 2 aromatic rings. The van der Waals surface area contributed by atoms with E-state index in [1.165, 1.54) is 6.92 Å². The van der Waals surface area contributed by atoms with Crippen LogP contribution in [0.5, 0.6) is 0 Å². The molecule has 114 valence electrons. The first-order chi connectivity index (χ1) is 9.67. The standard InChI is InChI=1S/C10H10BrF3N6O/c1-4(15)16-6-5-7(19-8(11)17-5)20(9(21)18-6)3-2-10(12,13)14/h2-3H2,1H3,(H,17,19)(H2,15,16,18,21). The molecule has 3 N–H and O–H groups in total. The molecule has 0 saturated heterocycles. The lowest BCUT2D eigenvalue weighted by atomic mass is 10.4. The summed E-state index contributed by atoms with van der Waals surface area (Å²) in [6.45, 7) is 0.919. The zero-order valence-corrected chi connectivity index (χ0v) is 12.3. The number of hydrogen-bond donors (Lipinski definition) is 2. The van der Waals surface area contributed by atoms with Crippen molar-refractivity contribution in [3.05, 3.63) is 15.2 Å². The van der Waals surface area contributed by atoms with Crippen molar-refractivity contribution in [2.75, 3.05) is 0 Å². The molecular formula is C10H10BrF3N6O. The number of H-pyrrole nitrogens is 1. The Balaban J connectivity index is 2.60. The summed E-state index contributed by atoms with van der Waals surface area (Å²) in [6.07, 6.45) is -5.54. The molecule has 0 aliphatic carbocycles. The van der Waals surface area contributed by atoms with Gasteiger partial charge in [0.05, 0.1) is 12.3 Å². The van der Waals surface area contributed by atoms with Gasteiger partial charge in [0.25, 0.3) is 0 Å². The monoisotopic (exact) mass is 366 g/mol. The third-order valence-corrected chi connectivity index (χ3v) is 2.84. The average Bonchev–Trinajstić information content (AvgIpc) is 2.68. The molecule has 0 fully saturated rings. The van der Waals surface area contributed by atoms with Crippen LogP contribution in [0, 0.1) is 0 Å². The van der Waals surface area contributed by atoms with E-state index in [-0.39, 0.29) is 27.6 Å². The fourth-order valence-electron chi connectivity index (χ4n) is 1.67. The van der Waals surface area contributed by atoms with Gasteiger partial charge in [0.2, 0.25) is 0 Å². The smallest absolute Gasteiger partial charge is 0.387 e. The number of nitrogens with two attached hydrogens (primary N) is 1. The highest BCUT2D eigenvalue weighted by atomic mass is 79.9. The lowest BCUT2D eigenvalue weighted by Crippen LogP contribution is -2.26. The van der Waals surface area contributed by atoms with Crippen LogP contribution < -0.4 is 11.4 Å². The number of aryl methyl sites for hydroxylation is 1. The van der Waals surface area contributed by atoms with E-state index < -0.39 is 24.8 Å². The number of aliphatic imine (C=N–C) groups is 1.